The summed E-state index contributed by atoms with van der Waals surface area (Å²) < 4.78 is 0. The molecule has 2 aliphatic rings. The van der Waals surface area contributed by atoms with Crippen LogP contribution in [0.3, 0.4) is 0 Å². The van der Waals surface area contributed by atoms with Crippen molar-refractivity contribution in [3.8, 4) is 0 Å². The number of hydrogen-bond donors (Lipinski definition) is 2. The SMILES string of the molecule is CCC(CN)N1CCN(CC(=O)NC2CC2)CC1. The summed E-state index contributed by atoms with van der Waals surface area (Å²) in [5, 5.41) is 3.04. The first kappa shape index (κ1) is 13.8. The first-order chi connectivity index (χ1) is 8.72. The normalized spacial score (nSPS) is 23.9. The van der Waals surface area contributed by atoms with Crippen LogP contribution in [-0.2, 0) is 4.79 Å². The Kier molecular flexibility index (Phi) is 4.97. The second kappa shape index (κ2) is 6.50. The first-order valence-corrected chi connectivity index (χ1v) is 7.18. The van der Waals surface area contributed by atoms with Crippen LogP contribution in [0, 0.1) is 0 Å². The van der Waals surface area contributed by atoms with Crippen LogP contribution in [-0.4, -0.2) is 67.1 Å². The minimum Gasteiger partial charge on any atom is -0.352 e. The van der Waals surface area contributed by atoms with Gasteiger partial charge in [-0.3, -0.25) is 14.6 Å². The zero-order valence-electron chi connectivity index (χ0n) is 11.4. The zero-order chi connectivity index (χ0) is 13.0. The van der Waals surface area contributed by atoms with Gasteiger partial charge in [0.05, 0.1) is 6.54 Å². The molecule has 3 N–H and O–H groups in total. The van der Waals surface area contributed by atoms with Crippen molar-refractivity contribution >= 4 is 5.91 Å². The van der Waals surface area contributed by atoms with Crippen LogP contribution in [0.1, 0.15) is 26.2 Å². The van der Waals surface area contributed by atoms with Crippen LogP contribution in [0.4, 0.5) is 0 Å². The lowest BCUT2D eigenvalue weighted by Gasteiger charge is -2.38. The molecule has 2 rings (SSSR count). The molecule has 1 saturated heterocycles. The van der Waals surface area contributed by atoms with E-state index in [9.17, 15) is 4.79 Å². The van der Waals surface area contributed by atoms with Gasteiger partial charge in [-0.25, -0.2) is 0 Å². The number of carbonyl (C=O) groups is 1. The van der Waals surface area contributed by atoms with Crippen LogP contribution < -0.4 is 11.1 Å². The number of piperazine rings is 1. The molecule has 18 heavy (non-hydrogen) atoms. The van der Waals surface area contributed by atoms with E-state index in [2.05, 4.69) is 22.0 Å². The molecule has 1 aliphatic carbocycles. The smallest absolute Gasteiger partial charge is 0.234 e. The summed E-state index contributed by atoms with van der Waals surface area (Å²) in [6.45, 7) is 7.51. The average molecular weight is 254 g/mol. The molecule has 1 saturated carbocycles. The summed E-state index contributed by atoms with van der Waals surface area (Å²) in [7, 11) is 0. The third kappa shape index (κ3) is 3.93. The number of nitrogens with one attached hydrogen (secondary N) is 1. The van der Waals surface area contributed by atoms with Crippen molar-refractivity contribution in [1.82, 2.24) is 15.1 Å². The molecule has 0 spiro atoms. The van der Waals surface area contributed by atoms with Gasteiger partial charge in [0.1, 0.15) is 0 Å². The predicted molar refractivity (Wildman–Crippen MR) is 72.3 cm³/mol. The Hall–Kier alpha value is -0.650. The van der Waals surface area contributed by atoms with Crippen molar-refractivity contribution in [1.29, 1.82) is 0 Å². The van der Waals surface area contributed by atoms with Gasteiger partial charge in [-0.15, -0.1) is 0 Å². The standard InChI is InChI=1S/C13H26N4O/c1-2-12(9-14)17-7-5-16(6-8-17)10-13(18)15-11-3-4-11/h11-12H,2-10,14H2,1H3,(H,15,18). The maximum absolute atomic E-state index is 11.7. The zero-order valence-corrected chi connectivity index (χ0v) is 11.4. The molecule has 1 unspecified atom stereocenters. The molecular weight excluding hydrogens is 228 g/mol. The lowest BCUT2D eigenvalue weighted by Crippen LogP contribution is -2.53. The summed E-state index contributed by atoms with van der Waals surface area (Å²) in [6.07, 6.45) is 3.43. The summed E-state index contributed by atoms with van der Waals surface area (Å²) in [5.41, 5.74) is 5.77. The van der Waals surface area contributed by atoms with Gasteiger partial charge in [0.25, 0.3) is 0 Å². The average Bonchev–Trinajstić information content (AvgIpc) is 3.16. The molecule has 5 nitrogen and oxygen atoms in total. The van der Waals surface area contributed by atoms with Gasteiger partial charge in [-0.1, -0.05) is 6.92 Å². The molecule has 0 bridgehead atoms. The van der Waals surface area contributed by atoms with E-state index in [1.54, 1.807) is 0 Å². The Bertz CT molecular complexity index is 268. The Balaban J connectivity index is 1.67. The summed E-state index contributed by atoms with van der Waals surface area (Å²) in [5.74, 6) is 0.191. The molecule has 0 radical (unpaired) electrons. The van der Waals surface area contributed by atoms with Crippen molar-refractivity contribution in [3.63, 3.8) is 0 Å². The molecule has 5 heteroatoms. The first-order valence-electron chi connectivity index (χ1n) is 7.18. The second-order valence-electron chi connectivity index (χ2n) is 5.45. The van der Waals surface area contributed by atoms with Crippen LogP contribution in [0.15, 0.2) is 0 Å². The molecule has 1 amide bonds. The van der Waals surface area contributed by atoms with Crippen LogP contribution in [0.25, 0.3) is 0 Å². The Morgan fingerprint density at radius 2 is 2.00 bits per heavy atom. The van der Waals surface area contributed by atoms with Crippen molar-refractivity contribution in [2.24, 2.45) is 5.73 Å². The molecule has 0 aromatic rings. The summed E-state index contributed by atoms with van der Waals surface area (Å²) in [4.78, 5) is 16.4. The Labute approximate surface area is 110 Å². The highest BCUT2D eigenvalue weighted by Gasteiger charge is 2.26. The molecule has 2 fully saturated rings. The third-order valence-electron chi connectivity index (χ3n) is 3.98. The molecule has 0 aromatic heterocycles. The van der Waals surface area contributed by atoms with Crippen molar-refractivity contribution in [2.45, 2.75) is 38.3 Å². The Morgan fingerprint density at radius 1 is 1.33 bits per heavy atom. The molecule has 0 aromatic carbocycles. The minimum absolute atomic E-state index is 0.191. The van der Waals surface area contributed by atoms with E-state index in [4.69, 9.17) is 5.73 Å². The number of carbonyl (C=O) groups excluding carboxylic acids is 1. The molecule has 1 aliphatic heterocycles. The fourth-order valence-corrected chi connectivity index (χ4v) is 2.56. The topological polar surface area (TPSA) is 61.6 Å². The van der Waals surface area contributed by atoms with Gasteiger partial charge in [-0.05, 0) is 19.3 Å². The van der Waals surface area contributed by atoms with Crippen molar-refractivity contribution < 1.29 is 4.79 Å². The van der Waals surface area contributed by atoms with Crippen LogP contribution in [0.5, 0.6) is 0 Å². The van der Waals surface area contributed by atoms with Gasteiger partial charge in [0.15, 0.2) is 0 Å². The number of amides is 1. The number of nitrogens with two attached hydrogens (primary N) is 1. The maximum atomic E-state index is 11.7. The third-order valence-corrected chi connectivity index (χ3v) is 3.98. The van der Waals surface area contributed by atoms with Gasteiger partial charge < -0.3 is 11.1 Å². The van der Waals surface area contributed by atoms with E-state index >= 15 is 0 Å². The number of rotatable bonds is 6. The number of hydrogen-bond acceptors (Lipinski definition) is 4. The molecule has 1 atom stereocenters. The largest absolute Gasteiger partial charge is 0.352 e. The van der Waals surface area contributed by atoms with E-state index in [1.165, 1.54) is 0 Å². The lowest BCUT2D eigenvalue weighted by atomic mass is 10.1. The lowest BCUT2D eigenvalue weighted by molar-refractivity contribution is -0.122. The highest BCUT2D eigenvalue weighted by atomic mass is 16.2. The summed E-state index contributed by atoms with van der Waals surface area (Å²) >= 11 is 0. The van der Waals surface area contributed by atoms with Gasteiger partial charge >= 0.3 is 0 Å². The molecular formula is C13H26N4O. The van der Waals surface area contributed by atoms with Crippen molar-refractivity contribution in [2.75, 3.05) is 39.3 Å². The van der Waals surface area contributed by atoms with E-state index in [-0.39, 0.29) is 5.91 Å². The monoisotopic (exact) mass is 254 g/mol. The highest BCUT2D eigenvalue weighted by molar-refractivity contribution is 5.78. The number of nitrogens with zero attached hydrogens (tertiary/aromatic N) is 2. The van der Waals surface area contributed by atoms with Crippen LogP contribution >= 0.6 is 0 Å². The maximum Gasteiger partial charge on any atom is 0.234 e. The van der Waals surface area contributed by atoms with Crippen LogP contribution in [0.2, 0.25) is 0 Å². The fourth-order valence-electron chi connectivity index (χ4n) is 2.56. The highest BCUT2D eigenvalue weighted by Crippen LogP contribution is 2.18. The Morgan fingerprint density at radius 3 is 2.50 bits per heavy atom. The van der Waals surface area contributed by atoms with E-state index in [0.29, 0.717) is 18.6 Å². The van der Waals surface area contributed by atoms with E-state index in [1.807, 2.05) is 0 Å². The quantitative estimate of drug-likeness (QED) is 0.678. The van der Waals surface area contributed by atoms with E-state index in [0.717, 1.165) is 52.0 Å². The van der Waals surface area contributed by atoms with Crippen molar-refractivity contribution in [3.05, 3.63) is 0 Å². The predicted octanol–water partition coefficient (Wildman–Crippen LogP) is -0.380. The molecule has 104 valence electrons. The van der Waals surface area contributed by atoms with Gasteiger partial charge in [0.2, 0.25) is 5.91 Å². The fraction of sp³-hybridized carbons (Fsp3) is 0.923. The van der Waals surface area contributed by atoms with Gasteiger partial charge in [-0.2, -0.15) is 0 Å². The van der Waals surface area contributed by atoms with Gasteiger partial charge in [0, 0.05) is 44.8 Å². The minimum atomic E-state index is 0.191. The second-order valence-corrected chi connectivity index (χ2v) is 5.45. The molecule has 1 heterocycles. The summed E-state index contributed by atoms with van der Waals surface area (Å²) in [6, 6.07) is 0.980. The van der Waals surface area contributed by atoms with E-state index < -0.39 is 0 Å².